The van der Waals surface area contributed by atoms with Gasteiger partial charge in [-0.3, -0.25) is 14.5 Å². The molecule has 2 aliphatic rings. The molecule has 3 atom stereocenters. The molecule has 1 saturated heterocycles. The Bertz CT molecular complexity index is 1560. The minimum Gasteiger partial charge on any atom is -0.453 e. The number of hydrogen-bond donors (Lipinski definition) is 0. The molecule has 6 rings (SSSR count). The summed E-state index contributed by atoms with van der Waals surface area (Å²) in [6.45, 7) is 3.32. The molecule has 0 spiro atoms. The van der Waals surface area contributed by atoms with Crippen LogP contribution in [0.15, 0.2) is 127 Å². The molecule has 1 heterocycles. The first-order chi connectivity index (χ1) is 23.7. The molecule has 2 fully saturated rings. The molecule has 0 N–H and O–H groups in total. The van der Waals surface area contributed by atoms with Gasteiger partial charge in [-0.1, -0.05) is 127 Å². The van der Waals surface area contributed by atoms with Crippen LogP contribution >= 0.6 is 0 Å². The fraction of sp³-hybridized carbons (Fsp3) is 0.333. The number of carbonyl (C=O) groups excluding carboxylic acids is 2. The van der Waals surface area contributed by atoms with Crippen LogP contribution in [0.25, 0.3) is 11.1 Å². The van der Waals surface area contributed by atoms with Crippen molar-refractivity contribution in [3.8, 4) is 11.1 Å². The Morgan fingerprint density at radius 3 is 2.00 bits per heavy atom. The van der Waals surface area contributed by atoms with Crippen molar-refractivity contribution in [1.29, 1.82) is 0 Å². The fourth-order valence-electron chi connectivity index (χ4n) is 6.90. The van der Waals surface area contributed by atoms with Crippen molar-refractivity contribution in [2.75, 3.05) is 26.3 Å². The third-order valence-corrected chi connectivity index (χ3v) is 9.38. The highest BCUT2D eigenvalue weighted by Gasteiger charge is 2.45. The van der Waals surface area contributed by atoms with Crippen LogP contribution in [0.4, 0.5) is 0 Å². The van der Waals surface area contributed by atoms with E-state index in [1.807, 2.05) is 78.9 Å². The van der Waals surface area contributed by atoms with Crippen molar-refractivity contribution in [3.05, 3.63) is 144 Å². The second-order valence-corrected chi connectivity index (χ2v) is 12.6. The number of ether oxygens (including phenoxy) is 3. The number of esters is 1. The Balaban J connectivity index is 1.03. The minimum atomic E-state index is -0.431. The van der Waals surface area contributed by atoms with E-state index in [4.69, 9.17) is 14.2 Å². The predicted molar refractivity (Wildman–Crippen MR) is 188 cm³/mol. The van der Waals surface area contributed by atoms with Crippen LogP contribution in [-0.4, -0.2) is 55.1 Å². The lowest BCUT2D eigenvalue weighted by molar-refractivity contribution is -0.147. The first kappa shape index (κ1) is 33.5. The summed E-state index contributed by atoms with van der Waals surface area (Å²) in [6.07, 6.45) is 6.64. The summed E-state index contributed by atoms with van der Waals surface area (Å²) in [5, 5.41) is 0. The van der Waals surface area contributed by atoms with E-state index in [0.717, 1.165) is 42.6 Å². The molecule has 1 unspecified atom stereocenters. The Labute approximate surface area is 284 Å². The number of hydrogen-bond acceptors (Lipinski definition) is 6. The zero-order valence-electron chi connectivity index (χ0n) is 27.5. The molecule has 6 heteroatoms. The number of rotatable bonds is 14. The normalized spacial score (nSPS) is 20.0. The van der Waals surface area contributed by atoms with Crippen molar-refractivity contribution in [2.45, 2.75) is 57.0 Å². The van der Waals surface area contributed by atoms with E-state index in [1.54, 1.807) is 0 Å². The van der Waals surface area contributed by atoms with E-state index in [-0.39, 0.29) is 29.8 Å². The molecule has 6 nitrogen and oxygen atoms in total. The van der Waals surface area contributed by atoms with Crippen LogP contribution in [0.5, 0.6) is 0 Å². The van der Waals surface area contributed by atoms with Crippen LogP contribution in [0.2, 0.25) is 0 Å². The fourth-order valence-corrected chi connectivity index (χ4v) is 6.90. The summed E-state index contributed by atoms with van der Waals surface area (Å²) in [7, 11) is 0. The van der Waals surface area contributed by atoms with Crippen LogP contribution in [-0.2, 0) is 30.4 Å². The van der Waals surface area contributed by atoms with Crippen molar-refractivity contribution in [2.24, 2.45) is 5.92 Å². The van der Waals surface area contributed by atoms with Gasteiger partial charge in [0.2, 0.25) is 0 Å². The predicted octanol–water partition coefficient (Wildman–Crippen LogP) is 7.98. The van der Waals surface area contributed by atoms with Crippen molar-refractivity contribution < 1.29 is 23.8 Å². The lowest BCUT2D eigenvalue weighted by Crippen LogP contribution is -2.49. The quantitative estimate of drug-likeness (QED) is 0.103. The first-order valence-electron chi connectivity index (χ1n) is 17.2. The third-order valence-electron chi connectivity index (χ3n) is 9.38. The summed E-state index contributed by atoms with van der Waals surface area (Å²) >= 11 is 0. The summed E-state index contributed by atoms with van der Waals surface area (Å²) < 4.78 is 18.1. The summed E-state index contributed by atoms with van der Waals surface area (Å²) in [5.74, 6) is 0.145. The SMILES string of the molecule is O=C(CC/C=C\CCC1[C@@H](OCc2ccc(-c3ccccc3)cc2)CC(=O)[C@@H]1N1CCOCC1)OC(c1ccccc1)c1ccccc1. The lowest BCUT2D eigenvalue weighted by Gasteiger charge is -2.35. The van der Waals surface area contributed by atoms with E-state index in [2.05, 4.69) is 53.5 Å². The van der Waals surface area contributed by atoms with Crippen molar-refractivity contribution in [1.82, 2.24) is 4.90 Å². The molecule has 48 heavy (non-hydrogen) atoms. The maximum atomic E-state index is 13.4. The highest BCUT2D eigenvalue weighted by atomic mass is 16.5. The Kier molecular flexibility index (Phi) is 12.0. The van der Waals surface area contributed by atoms with E-state index < -0.39 is 6.10 Å². The average Bonchev–Trinajstić information content (AvgIpc) is 3.47. The highest BCUT2D eigenvalue weighted by molar-refractivity contribution is 5.87. The summed E-state index contributed by atoms with van der Waals surface area (Å²) in [4.78, 5) is 28.6. The Morgan fingerprint density at radius 1 is 0.771 bits per heavy atom. The molecular formula is C42H45NO5. The molecule has 248 valence electrons. The summed E-state index contributed by atoms with van der Waals surface area (Å²) in [6, 6.07) is 38.4. The highest BCUT2D eigenvalue weighted by Crippen LogP contribution is 2.35. The average molecular weight is 644 g/mol. The van der Waals surface area contributed by atoms with Crippen LogP contribution < -0.4 is 0 Å². The van der Waals surface area contributed by atoms with Crippen molar-refractivity contribution >= 4 is 11.8 Å². The largest absolute Gasteiger partial charge is 0.453 e. The summed E-state index contributed by atoms with van der Waals surface area (Å²) in [5.41, 5.74) is 5.37. The number of ketones is 1. The Morgan fingerprint density at radius 2 is 1.35 bits per heavy atom. The number of benzene rings is 4. The van der Waals surface area contributed by atoms with E-state index in [9.17, 15) is 9.59 Å². The van der Waals surface area contributed by atoms with E-state index in [1.165, 1.54) is 11.1 Å². The lowest BCUT2D eigenvalue weighted by atomic mass is 9.93. The second kappa shape index (κ2) is 17.2. The van der Waals surface area contributed by atoms with Gasteiger partial charge in [0.05, 0.1) is 32.0 Å². The van der Waals surface area contributed by atoms with E-state index in [0.29, 0.717) is 39.1 Å². The van der Waals surface area contributed by atoms with Crippen molar-refractivity contribution in [3.63, 3.8) is 0 Å². The standard InChI is InChI=1S/C42H45NO5/c44-38-30-39(47-31-32-22-24-34(25-23-32)33-14-6-3-7-15-33)37(41(38)43-26-28-46-29-27-43)20-12-1-2-13-21-40(45)48-42(35-16-8-4-9-17-35)36-18-10-5-11-19-36/h1-11,14-19,22-25,37,39,41-42H,12-13,20-21,26-31H2/b2-1-/t37?,39-,41+/m0/s1. The van der Waals surface area contributed by atoms with Gasteiger partial charge in [0.25, 0.3) is 0 Å². The molecule has 0 aromatic heterocycles. The molecule has 0 amide bonds. The smallest absolute Gasteiger partial charge is 0.307 e. The Hall–Kier alpha value is -4.36. The van der Waals surface area contributed by atoms with Crippen LogP contribution in [0.1, 0.15) is 54.9 Å². The molecule has 4 aromatic rings. The van der Waals surface area contributed by atoms with Gasteiger partial charge in [-0.05, 0) is 47.1 Å². The minimum absolute atomic E-state index is 0.103. The number of carbonyl (C=O) groups is 2. The molecule has 4 aromatic carbocycles. The number of morpholine rings is 1. The zero-order chi connectivity index (χ0) is 33.0. The molecule has 1 aliphatic heterocycles. The van der Waals surface area contributed by atoms with Gasteiger partial charge >= 0.3 is 5.97 Å². The topological polar surface area (TPSA) is 65.1 Å². The van der Waals surface area contributed by atoms with Gasteiger partial charge in [-0.15, -0.1) is 0 Å². The van der Waals surface area contributed by atoms with Gasteiger partial charge in [-0.25, -0.2) is 0 Å². The zero-order valence-corrected chi connectivity index (χ0v) is 27.5. The number of Topliss-reactive ketones (excluding diaryl/α,β-unsaturated/α-hetero) is 1. The molecule has 0 bridgehead atoms. The van der Waals surface area contributed by atoms with E-state index >= 15 is 0 Å². The van der Waals surface area contributed by atoms with Gasteiger partial charge in [0.15, 0.2) is 11.9 Å². The van der Waals surface area contributed by atoms with Gasteiger partial charge in [0, 0.05) is 31.8 Å². The molecule has 1 saturated carbocycles. The maximum Gasteiger partial charge on any atom is 0.307 e. The molecule has 1 aliphatic carbocycles. The van der Waals surface area contributed by atoms with Crippen LogP contribution in [0, 0.1) is 5.92 Å². The molecule has 0 radical (unpaired) electrons. The first-order valence-corrected chi connectivity index (χ1v) is 17.2. The number of allylic oxidation sites excluding steroid dienone is 2. The molecular weight excluding hydrogens is 598 g/mol. The monoisotopic (exact) mass is 643 g/mol. The van der Waals surface area contributed by atoms with Gasteiger partial charge in [0.1, 0.15) is 0 Å². The van der Waals surface area contributed by atoms with Gasteiger partial charge < -0.3 is 14.2 Å². The maximum absolute atomic E-state index is 13.4. The van der Waals surface area contributed by atoms with Crippen LogP contribution in [0.3, 0.4) is 0 Å². The second-order valence-electron chi connectivity index (χ2n) is 12.6. The van der Waals surface area contributed by atoms with Gasteiger partial charge in [-0.2, -0.15) is 0 Å². The third kappa shape index (κ3) is 8.95. The number of nitrogens with zero attached hydrogens (tertiary/aromatic N) is 1.